The lowest BCUT2D eigenvalue weighted by molar-refractivity contribution is 0.0503. The highest BCUT2D eigenvalue weighted by atomic mass is 16.6. The Labute approximate surface area is 290 Å². The van der Waals surface area contributed by atoms with Crippen LogP contribution < -0.4 is 9.47 Å². The molecule has 0 fully saturated rings. The molecule has 0 atom stereocenters. The summed E-state index contributed by atoms with van der Waals surface area (Å²) >= 11 is 0. The molecule has 0 radical (unpaired) electrons. The number of benzene rings is 5. The van der Waals surface area contributed by atoms with Gasteiger partial charge in [-0.15, -0.1) is 0 Å². The molecule has 5 rings (SSSR count). The van der Waals surface area contributed by atoms with E-state index in [1.807, 2.05) is 36.4 Å². The summed E-state index contributed by atoms with van der Waals surface area (Å²) < 4.78 is 34.2. The van der Waals surface area contributed by atoms with Crippen molar-refractivity contribution in [3.05, 3.63) is 95.1 Å². The largest absolute Gasteiger partial charge is 0.504 e. The Kier molecular flexibility index (Phi) is 12.6. The minimum absolute atomic E-state index is 0.218. The van der Waals surface area contributed by atoms with Crippen molar-refractivity contribution in [2.45, 2.75) is 0 Å². The highest BCUT2D eigenvalue weighted by Crippen LogP contribution is 2.44. The predicted octanol–water partition coefficient (Wildman–Crippen LogP) is 5.70. The van der Waals surface area contributed by atoms with Crippen molar-refractivity contribution in [3.8, 4) is 58.2 Å². The smallest absolute Gasteiger partial charge is 0.169 e. The quantitative estimate of drug-likeness (QED) is 0.0502. The molecule has 10 heteroatoms. The summed E-state index contributed by atoms with van der Waals surface area (Å²) in [7, 11) is 3.23. The van der Waals surface area contributed by atoms with Gasteiger partial charge in [0, 0.05) is 47.2 Å². The van der Waals surface area contributed by atoms with Crippen LogP contribution >= 0.6 is 0 Å². The third-order valence-electron chi connectivity index (χ3n) is 7.49. The van der Waals surface area contributed by atoms with Gasteiger partial charge in [-0.3, -0.25) is 0 Å². The van der Waals surface area contributed by atoms with Gasteiger partial charge in [0.1, 0.15) is 13.2 Å². The fraction of sp³-hybridized carbons (Fsp3) is 0.250. The summed E-state index contributed by atoms with van der Waals surface area (Å²) in [5, 5.41) is 42.5. The van der Waals surface area contributed by atoms with E-state index in [1.54, 1.807) is 26.4 Å². The lowest BCUT2D eigenvalue weighted by atomic mass is 9.96. The van der Waals surface area contributed by atoms with E-state index in [0.717, 1.165) is 21.5 Å². The highest BCUT2D eigenvalue weighted by molar-refractivity contribution is 6.14. The van der Waals surface area contributed by atoms with Gasteiger partial charge in [0.25, 0.3) is 0 Å². The van der Waals surface area contributed by atoms with Gasteiger partial charge in [0.05, 0.1) is 39.6 Å². The summed E-state index contributed by atoms with van der Waals surface area (Å²) in [6.45, 7) is 3.04. The van der Waals surface area contributed by atoms with Crippen molar-refractivity contribution in [3.63, 3.8) is 0 Å². The topological polar surface area (TPSA) is 136 Å². The second kappa shape index (κ2) is 17.7. The number of hydrogen-bond acceptors (Lipinski definition) is 10. The van der Waals surface area contributed by atoms with Crippen molar-refractivity contribution in [2.24, 2.45) is 0 Å². The number of fused-ring (bicyclic) bond motifs is 3. The first-order valence-corrected chi connectivity index (χ1v) is 15.9. The van der Waals surface area contributed by atoms with Crippen molar-refractivity contribution in [1.82, 2.24) is 0 Å². The predicted molar refractivity (Wildman–Crippen MR) is 189 cm³/mol. The minimum Gasteiger partial charge on any atom is -0.504 e. The van der Waals surface area contributed by atoms with Crippen molar-refractivity contribution in [2.75, 3.05) is 67.1 Å². The highest BCUT2D eigenvalue weighted by Gasteiger charge is 2.18. The molecule has 0 amide bonds. The molecule has 0 aromatic heterocycles. The fourth-order valence-corrected chi connectivity index (χ4v) is 5.00. The van der Waals surface area contributed by atoms with Gasteiger partial charge in [0.2, 0.25) is 0 Å². The minimum atomic E-state index is -0.248. The Hall–Kier alpha value is -5.62. The molecule has 0 unspecified atom stereocenters. The Morgan fingerprint density at radius 2 is 0.760 bits per heavy atom. The standard InChI is InChI=1S/C40H38O10/c1-45-15-17-47-19-21-49-39-31-11-7-27(3-5-29-9-13-35(41)37(43)25-29)23-33(31)34-24-28(4-6-30-10-14-36(42)38(44)26-30)8-12-32(34)40(39)50-22-20-48-18-16-46-2/h7-14,23-26,41-44H,15-22H2,1-2H3. The lowest BCUT2D eigenvalue weighted by Crippen LogP contribution is -2.13. The van der Waals surface area contributed by atoms with Crippen molar-refractivity contribution < 1.29 is 48.8 Å². The summed E-state index contributed by atoms with van der Waals surface area (Å²) in [6.07, 6.45) is 0. The molecule has 0 saturated carbocycles. The molecular formula is C40H38O10. The Morgan fingerprint density at radius 1 is 0.400 bits per heavy atom. The molecule has 50 heavy (non-hydrogen) atoms. The summed E-state index contributed by atoms with van der Waals surface area (Å²) in [5.41, 5.74) is 2.49. The second-order valence-electron chi connectivity index (χ2n) is 11.0. The zero-order valence-corrected chi connectivity index (χ0v) is 27.8. The Balaban J connectivity index is 1.60. The fourth-order valence-electron chi connectivity index (χ4n) is 5.00. The van der Waals surface area contributed by atoms with Gasteiger partial charge in [-0.1, -0.05) is 23.7 Å². The number of hydrogen-bond donors (Lipinski definition) is 4. The number of aromatic hydroxyl groups is 4. The van der Waals surface area contributed by atoms with Gasteiger partial charge in [-0.2, -0.15) is 0 Å². The van der Waals surface area contributed by atoms with Gasteiger partial charge in [-0.25, -0.2) is 0 Å². The maximum absolute atomic E-state index is 9.92. The summed E-state index contributed by atoms with van der Waals surface area (Å²) in [4.78, 5) is 0. The third-order valence-corrected chi connectivity index (χ3v) is 7.49. The van der Waals surface area contributed by atoms with Crippen LogP contribution in [0.2, 0.25) is 0 Å². The van der Waals surface area contributed by atoms with E-state index in [4.69, 9.17) is 28.4 Å². The van der Waals surface area contributed by atoms with Crippen LogP contribution in [0.15, 0.2) is 72.8 Å². The molecular weight excluding hydrogens is 640 g/mol. The van der Waals surface area contributed by atoms with Crippen LogP contribution in [0.25, 0.3) is 21.5 Å². The molecule has 5 aromatic carbocycles. The van der Waals surface area contributed by atoms with Crippen molar-refractivity contribution in [1.29, 1.82) is 0 Å². The van der Waals surface area contributed by atoms with Crippen LogP contribution in [0.5, 0.6) is 34.5 Å². The maximum Gasteiger partial charge on any atom is 0.169 e. The van der Waals surface area contributed by atoms with E-state index >= 15 is 0 Å². The van der Waals surface area contributed by atoms with Crippen LogP contribution in [0, 0.1) is 23.7 Å². The number of methoxy groups -OCH3 is 2. The van der Waals surface area contributed by atoms with Crippen LogP contribution in [0.4, 0.5) is 0 Å². The molecule has 10 nitrogen and oxygen atoms in total. The Bertz CT molecular complexity index is 1920. The molecule has 258 valence electrons. The average molecular weight is 679 g/mol. The number of phenolic OH excluding ortho intramolecular Hbond substituents is 4. The van der Waals surface area contributed by atoms with E-state index < -0.39 is 0 Å². The first kappa shape index (κ1) is 35.7. The summed E-state index contributed by atoms with van der Waals surface area (Å²) in [6, 6.07) is 20.4. The normalized spacial score (nSPS) is 10.8. The third kappa shape index (κ3) is 9.29. The van der Waals surface area contributed by atoms with Crippen LogP contribution in [-0.4, -0.2) is 87.5 Å². The molecule has 0 saturated heterocycles. The monoisotopic (exact) mass is 678 g/mol. The van der Waals surface area contributed by atoms with Gasteiger partial charge < -0.3 is 48.8 Å². The lowest BCUT2D eigenvalue weighted by Gasteiger charge is -2.19. The maximum atomic E-state index is 9.92. The van der Waals surface area contributed by atoms with Gasteiger partial charge >= 0.3 is 0 Å². The SMILES string of the molecule is COCCOCCOc1c(OCCOCCOC)c2ccc(C#Cc3ccc(O)c(O)c3)cc2c2cc(C#Cc3ccc(O)c(O)c3)ccc12. The van der Waals surface area contributed by atoms with E-state index in [1.165, 1.54) is 24.3 Å². The number of rotatable bonds is 14. The zero-order valence-electron chi connectivity index (χ0n) is 27.8. The molecule has 4 N–H and O–H groups in total. The molecule has 5 aromatic rings. The van der Waals surface area contributed by atoms with Gasteiger partial charge in [0.15, 0.2) is 34.5 Å². The zero-order chi connectivity index (χ0) is 35.3. The molecule has 0 spiro atoms. The first-order valence-electron chi connectivity index (χ1n) is 15.9. The van der Waals surface area contributed by atoms with E-state index in [9.17, 15) is 20.4 Å². The van der Waals surface area contributed by atoms with E-state index in [0.29, 0.717) is 73.4 Å². The summed E-state index contributed by atoms with van der Waals surface area (Å²) in [5.74, 6) is 12.6. The number of phenols is 4. The molecule has 0 aliphatic rings. The molecule has 0 aliphatic heterocycles. The van der Waals surface area contributed by atoms with E-state index in [-0.39, 0.29) is 36.2 Å². The van der Waals surface area contributed by atoms with Crippen LogP contribution in [0.1, 0.15) is 22.3 Å². The van der Waals surface area contributed by atoms with E-state index in [2.05, 4.69) is 23.7 Å². The van der Waals surface area contributed by atoms with Crippen LogP contribution in [0.3, 0.4) is 0 Å². The van der Waals surface area contributed by atoms with Gasteiger partial charge in [-0.05, 0) is 83.6 Å². The molecule has 0 bridgehead atoms. The second-order valence-corrected chi connectivity index (χ2v) is 11.0. The Morgan fingerprint density at radius 3 is 1.14 bits per heavy atom. The molecule has 0 aliphatic carbocycles. The van der Waals surface area contributed by atoms with Crippen molar-refractivity contribution >= 4 is 21.5 Å². The van der Waals surface area contributed by atoms with Crippen LogP contribution in [-0.2, 0) is 18.9 Å². The average Bonchev–Trinajstić information content (AvgIpc) is 3.12. The number of ether oxygens (including phenoxy) is 6. The first-order chi connectivity index (χ1) is 24.4. The molecule has 0 heterocycles.